The Morgan fingerprint density at radius 1 is 0.486 bits per heavy atom. The third-order valence-electron chi connectivity index (χ3n) is 6.09. The van der Waals surface area contributed by atoms with Crippen LogP contribution in [0, 0.1) is 0 Å². The van der Waals surface area contributed by atoms with Crippen molar-refractivity contribution in [3.63, 3.8) is 0 Å². The summed E-state index contributed by atoms with van der Waals surface area (Å²) < 4.78 is 26.4. The van der Waals surface area contributed by atoms with Crippen LogP contribution in [0.1, 0.15) is 6.92 Å². The Bertz CT molecular complexity index is 652. The van der Waals surface area contributed by atoms with E-state index in [4.69, 9.17) is 28.8 Å². The van der Waals surface area contributed by atoms with Gasteiger partial charge in [-0.05, 0) is 6.92 Å². The Morgan fingerprint density at radius 3 is 1.32 bits per heavy atom. The van der Waals surface area contributed by atoms with E-state index in [1.54, 1.807) is 6.92 Å². The minimum Gasteiger partial charge on any atom is -0.397 e. The molecule has 0 radical (unpaired) electrons. The summed E-state index contributed by atoms with van der Waals surface area (Å²) in [5, 5.41) is 117. The number of aliphatic hydroxyl groups is 12. The average Bonchev–Trinajstić information content (AvgIpc) is 2.88. The van der Waals surface area contributed by atoms with Crippen molar-refractivity contribution in [1.82, 2.24) is 0 Å². The van der Waals surface area contributed by atoms with Gasteiger partial charge in [0.15, 0.2) is 18.9 Å². The van der Waals surface area contributed by atoms with E-state index in [-0.39, 0.29) is 6.61 Å². The molecule has 15 atom stereocenters. The SMILES string of the molecule is CCO.OC[C@H]1O[C@@H](OC2[C@@H](CO)O[C@H](O)[C@H](O)[C@H]2O)[C@H](O)[C@@H](O)C1O[C@@H]1O[C@H](CO)[C@@H](O)[C@H](O)[C@H]1O. The van der Waals surface area contributed by atoms with Crippen molar-refractivity contribution >= 4 is 0 Å². The number of ether oxygens (including phenoxy) is 5. The Labute approximate surface area is 211 Å². The van der Waals surface area contributed by atoms with Crippen LogP contribution in [0.25, 0.3) is 0 Å². The van der Waals surface area contributed by atoms with Crippen molar-refractivity contribution < 1.29 is 85.0 Å². The minimum absolute atomic E-state index is 0.250. The molecule has 37 heavy (non-hydrogen) atoms. The first-order chi connectivity index (χ1) is 17.5. The van der Waals surface area contributed by atoms with Crippen LogP contribution in [0.4, 0.5) is 0 Å². The molecule has 0 amide bonds. The quantitative estimate of drug-likeness (QED) is 0.140. The molecule has 0 aliphatic carbocycles. The summed E-state index contributed by atoms with van der Waals surface area (Å²) in [5.74, 6) is 0. The molecular weight excluding hydrogens is 512 g/mol. The Morgan fingerprint density at radius 2 is 0.865 bits per heavy atom. The highest BCUT2D eigenvalue weighted by molar-refractivity contribution is 4.96. The van der Waals surface area contributed by atoms with Crippen LogP contribution >= 0.6 is 0 Å². The maximum Gasteiger partial charge on any atom is 0.187 e. The lowest BCUT2D eigenvalue weighted by Gasteiger charge is -2.47. The van der Waals surface area contributed by atoms with Crippen LogP contribution in [0.5, 0.6) is 0 Å². The molecule has 0 aromatic carbocycles. The number of aliphatic hydroxyl groups excluding tert-OH is 12. The third-order valence-corrected chi connectivity index (χ3v) is 6.09. The van der Waals surface area contributed by atoms with Gasteiger partial charge >= 0.3 is 0 Å². The standard InChI is InChI=1S/C18H32O16.C2H6O/c19-1-4-7(22)8(23)12(27)17(31-4)34-15-6(3-21)32-18(13(28)10(15)25)33-14-5(2-20)30-16(29)11(26)9(14)24;1-2-3/h4-29H,1-3H2;3H,2H2,1H3/t4-,5-,6-,7-,8+,9-,10-,11-,12-,13-,14?,15?,16+,17+,18+;/m1./s1. The molecule has 3 rings (SSSR count). The lowest BCUT2D eigenvalue weighted by atomic mass is 9.96. The lowest BCUT2D eigenvalue weighted by Crippen LogP contribution is -2.66. The van der Waals surface area contributed by atoms with E-state index in [2.05, 4.69) is 0 Å². The van der Waals surface area contributed by atoms with E-state index in [1.165, 1.54) is 0 Å². The number of rotatable bonds is 7. The summed E-state index contributed by atoms with van der Waals surface area (Å²) >= 11 is 0. The van der Waals surface area contributed by atoms with Gasteiger partial charge in [-0.25, -0.2) is 0 Å². The first-order valence-corrected chi connectivity index (χ1v) is 11.6. The van der Waals surface area contributed by atoms with Crippen molar-refractivity contribution in [3.05, 3.63) is 0 Å². The first kappa shape index (κ1) is 32.5. The van der Waals surface area contributed by atoms with Gasteiger partial charge in [0, 0.05) is 6.61 Å². The molecule has 2 unspecified atom stereocenters. The van der Waals surface area contributed by atoms with Crippen LogP contribution < -0.4 is 0 Å². The van der Waals surface area contributed by atoms with Crippen molar-refractivity contribution in [2.45, 2.75) is 99.0 Å². The van der Waals surface area contributed by atoms with Crippen LogP contribution in [-0.4, -0.2) is 180 Å². The van der Waals surface area contributed by atoms with Gasteiger partial charge in [-0.15, -0.1) is 0 Å². The van der Waals surface area contributed by atoms with Crippen molar-refractivity contribution in [1.29, 1.82) is 0 Å². The molecule has 3 aliphatic rings. The van der Waals surface area contributed by atoms with Gasteiger partial charge in [-0.3, -0.25) is 0 Å². The molecular formula is C20H38O17. The van der Waals surface area contributed by atoms with Crippen molar-refractivity contribution in [2.24, 2.45) is 0 Å². The zero-order chi connectivity index (χ0) is 28.0. The Hall–Kier alpha value is -0.680. The summed E-state index contributed by atoms with van der Waals surface area (Å²) in [4.78, 5) is 0. The molecule has 17 nitrogen and oxygen atoms in total. The van der Waals surface area contributed by atoms with Gasteiger partial charge in [0.1, 0.15) is 73.2 Å². The molecule has 0 bridgehead atoms. The predicted molar refractivity (Wildman–Crippen MR) is 114 cm³/mol. The van der Waals surface area contributed by atoms with E-state index >= 15 is 0 Å². The highest BCUT2D eigenvalue weighted by Gasteiger charge is 2.53. The number of hydrogen-bond donors (Lipinski definition) is 12. The molecule has 17 heteroatoms. The first-order valence-electron chi connectivity index (χ1n) is 11.6. The normalized spacial score (nSPS) is 48.7. The van der Waals surface area contributed by atoms with E-state index in [9.17, 15) is 56.2 Å². The van der Waals surface area contributed by atoms with Crippen LogP contribution in [0.3, 0.4) is 0 Å². The second-order valence-corrected chi connectivity index (χ2v) is 8.65. The summed E-state index contributed by atoms with van der Waals surface area (Å²) in [6.07, 6.45) is -25.1. The summed E-state index contributed by atoms with van der Waals surface area (Å²) in [5.41, 5.74) is 0. The van der Waals surface area contributed by atoms with E-state index in [1.807, 2.05) is 0 Å². The van der Waals surface area contributed by atoms with Gasteiger partial charge in [0.25, 0.3) is 0 Å². The number of hydrogen-bond acceptors (Lipinski definition) is 17. The molecule has 0 saturated carbocycles. The Balaban J connectivity index is 0.00000153. The average molecular weight is 551 g/mol. The molecule has 3 saturated heterocycles. The fraction of sp³-hybridized carbons (Fsp3) is 1.00. The third kappa shape index (κ3) is 7.29. The fourth-order valence-electron chi connectivity index (χ4n) is 4.06. The largest absolute Gasteiger partial charge is 0.397 e. The molecule has 0 aromatic rings. The van der Waals surface area contributed by atoms with E-state index in [0.717, 1.165) is 0 Å². The molecule has 3 aliphatic heterocycles. The predicted octanol–water partition coefficient (Wildman–Crippen LogP) is -7.57. The smallest absolute Gasteiger partial charge is 0.187 e. The monoisotopic (exact) mass is 550 g/mol. The highest BCUT2D eigenvalue weighted by Crippen LogP contribution is 2.32. The second-order valence-electron chi connectivity index (χ2n) is 8.65. The van der Waals surface area contributed by atoms with Gasteiger partial charge in [-0.2, -0.15) is 0 Å². The molecule has 0 spiro atoms. The van der Waals surface area contributed by atoms with Crippen molar-refractivity contribution in [2.75, 3.05) is 26.4 Å². The van der Waals surface area contributed by atoms with Gasteiger partial charge in [0.05, 0.1) is 19.8 Å². The summed E-state index contributed by atoms with van der Waals surface area (Å²) in [6, 6.07) is 0. The molecule has 3 fully saturated rings. The van der Waals surface area contributed by atoms with Crippen LogP contribution in [0.15, 0.2) is 0 Å². The van der Waals surface area contributed by atoms with E-state index in [0.29, 0.717) is 0 Å². The van der Waals surface area contributed by atoms with Gasteiger partial charge in [-0.1, -0.05) is 0 Å². The minimum atomic E-state index is -1.91. The fourth-order valence-corrected chi connectivity index (χ4v) is 4.06. The summed E-state index contributed by atoms with van der Waals surface area (Å²) in [7, 11) is 0. The molecule has 0 aromatic heterocycles. The topological polar surface area (TPSA) is 289 Å². The van der Waals surface area contributed by atoms with Crippen molar-refractivity contribution in [3.8, 4) is 0 Å². The lowest BCUT2D eigenvalue weighted by molar-refractivity contribution is -0.377. The molecule has 220 valence electrons. The van der Waals surface area contributed by atoms with Gasteiger partial charge in [0.2, 0.25) is 0 Å². The zero-order valence-corrected chi connectivity index (χ0v) is 19.9. The maximum atomic E-state index is 10.6. The zero-order valence-electron chi connectivity index (χ0n) is 19.9. The summed E-state index contributed by atoms with van der Waals surface area (Å²) in [6.45, 7) is -0.391. The Kier molecular flexibility index (Phi) is 12.9. The molecule has 12 N–H and O–H groups in total. The highest BCUT2D eigenvalue weighted by atomic mass is 16.8. The van der Waals surface area contributed by atoms with Gasteiger partial charge < -0.3 is 85.0 Å². The maximum absolute atomic E-state index is 10.6. The van der Waals surface area contributed by atoms with Crippen LogP contribution in [-0.2, 0) is 23.7 Å². The second kappa shape index (κ2) is 14.6. The van der Waals surface area contributed by atoms with E-state index < -0.39 is 112 Å². The molecule has 3 heterocycles. The van der Waals surface area contributed by atoms with Crippen LogP contribution in [0.2, 0.25) is 0 Å².